The molecule has 1 atom stereocenters. The molecule has 0 unspecified atom stereocenters. The molecule has 3 rings (SSSR count). The van der Waals surface area contributed by atoms with Crippen LogP contribution in [0.1, 0.15) is 22.9 Å². The minimum Gasteiger partial charge on any atom is -0.451 e. The summed E-state index contributed by atoms with van der Waals surface area (Å²) in [5, 5.41) is 1.24. The first-order valence-electron chi connectivity index (χ1n) is 7.07. The average Bonchev–Trinajstić information content (AvgIpc) is 3.04. The van der Waals surface area contributed by atoms with Crippen molar-refractivity contribution in [1.82, 2.24) is 14.9 Å². The van der Waals surface area contributed by atoms with Gasteiger partial charge in [-0.1, -0.05) is 35.3 Å². The lowest BCUT2D eigenvalue weighted by molar-refractivity contribution is 0.267. The normalized spacial score (nSPS) is 12.5. The molecular formula is C17H15Cl2N3O. The van der Waals surface area contributed by atoms with E-state index >= 15 is 0 Å². The zero-order chi connectivity index (χ0) is 16.2. The number of benzene rings is 1. The summed E-state index contributed by atoms with van der Waals surface area (Å²) in [7, 11) is 2.01. The Kier molecular flexibility index (Phi) is 4.96. The van der Waals surface area contributed by atoms with E-state index in [-0.39, 0.29) is 6.04 Å². The number of rotatable bonds is 5. The van der Waals surface area contributed by atoms with Crippen LogP contribution in [0.15, 0.2) is 59.8 Å². The van der Waals surface area contributed by atoms with Crippen LogP contribution in [0.4, 0.5) is 0 Å². The van der Waals surface area contributed by atoms with Gasteiger partial charge in [-0.05, 0) is 36.4 Å². The summed E-state index contributed by atoms with van der Waals surface area (Å²) in [6, 6.07) is 9.42. The van der Waals surface area contributed by atoms with Crippen molar-refractivity contribution in [1.29, 1.82) is 0 Å². The van der Waals surface area contributed by atoms with Gasteiger partial charge >= 0.3 is 0 Å². The molecule has 118 valence electrons. The average molecular weight is 348 g/mol. The largest absolute Gasteiger partial charge is 0.451 e. The Morgan fingerprint density at radius 3 is 2.78 bits per heavy atom. The van der Waals surface area contributed by atoms with Crippen molar-refractivity contribution in [3.05, 3.63) is 82.2 Å². The minimum absolute atomic E-state index is 0.0647. The van der Waals surface area contributed by atoms with Crippen LogP contribution < -0.4 is 0 Å². The molecule has 2 heterocycles. The predicted molar refractivity (Wildman–Crippen MR) is 90.5 cm³/mol. The van der Waals surface area contributed by atoms with Crippen LogP contribution in [0.5, 0.6) is 0 Å². The third-order valence-electron chi connectivity index (χ3n) is 3.59. The maximum Gasteiger partial charge on any atom is 0.180 e. The summed E-state index contributed by atoms with van der Waals surface area (Å²) < 4.78 is 5.05. The molecule has 0 N–H and O–H groups in total. The Morgan fingerprint density at radius 2 is 2.13 bits per heavy atom. The van der Waals surface area contributed by atoms with Gasteiger partial charge in [0.05, 0.1) is 11.7 Å². The highest BCUT2D eigenvalue weighted by Crippen LogP contribution is 2.34. The molecular weight excluding hydrogens is 333 g/mol. The fraction of sp³-hybridized carbons (Fsp3) is 0.176. The monoisotopic (exact) mass is 347 g/mol. The van der Waals surface area contributed by atoms with Crippen LogP contribution in [0.25, 0.3) is 0 Å². The number of hydrogen-bond acceptors (Lipinski definition) is 4. The molecule has 0 fully saturated rings. The third-order valence-corrected chi connectivity index (χ3v) is 4.16. The van der Waals surface area contributed by atoms with E-state index in [0.29, 0.717) is 16.6 Å². The number of oxazole rings is 1. The Hall–Kier alpha value is -1.88. The summed E-state index contributed by atoms with van der Waals surface area (Å²) in [4.78, 5) is 10.6. The first-order valence-corrected chi connectivity index (χ1v) is 7.83. The van der Waals surface area contributed by atoms with E-state index in [1.165, 1.54) is 6.39 Å². The van der Waals surface area contributed by atoms with Crippen molar-refractivity contribution in [2.45, 2.75) is 12.6 Å². The van der Waals surface area contributed by atoms with Gasteiger partial charge in [0, 0.05) is 29.0 Å². The van der Waals surface area contributed by atoms with E-state index in [1.54, 1.807) is 18.5 Å². The lowest BCUT2D eigenvalue weighted by Gasteiger charge is -2.28. The van der Waals surface area contributed by atoms with E-state index in [9.17, 15) is 0 Å². The van der Waals surface area contributed by atoms with Gasteiger partial charge in [-0.25, -0.2) is 4.98 Å². The molecule has 6 heteroatoms. The lowest BCUT2D eigenvalue weighted by atomic mass is 9.98. The van der Waals surface area contributed by atoms with Crippen LogP contribution in [0.2, 0.25) is 10.0 Å². The van der Waals surface area contributed by atoms with Crippen molar-refractivity contribution < 1.29 is 4.42 Å². The number of nitrogens with zero attached hydrogens (tertiary/aromatic N) is 3. The third kappa shape index (κ3) is 3.72. The molecule has 23 heavy (non-hydrogen) atoms. The van der Waals surface area contributed by atoms with Gasteiger partial charge in [-0.15, -0.1) is 0 Å². The minimum atomic E-state index is -0.0647. The maximum atomic E-state index is 6.43. The lowest BCUT2D eigenvalue weighted by Crippen LogP contribution is -2.25. The maximum absolute atomic E-state index is 6.43. The van der Waals surface area contributed by atoms with Gasteiger partial charge < -0.3 is 4.42 Å². The molecule has 0 bridgehead atoms. The highest BCUT2D eigenvalue weighted by Gasteiger charge is 2.23. The summed E-state index contributed by atoms with van der Waals surface area (Å²) >= 11 is 12.5. The van der Waals surface area contributed by atoms with E-state index < -0.39 is 0 Å². The molecule has 0 amide bonds. The van der Waals surface area contributed by atoms with Crippen LogP contribution in [0.3, 0.4) is 0 Å². The fourth-order valence-electron chi connectivity index (χ4n) is 2.59. The van der Waals surface area contributed by atoms with Gasteiger partial charge in [0.25, 0.3) is 0 Å². The molecule has 3 aromatic rings. The molecule has 0 saturated heterocycles. The smallest absolute Gasteiger partial charge is 0.180 e. The van der Waals surface area contributed by atoms with Crippen LogP contribution >= 0.6 is 23.2 Å². The number of aromatic nitrogens is 2. The molecule has 1 aromatic carbocycles. The molecule has 0 radical (unpaired) electrons. The summed E-state index contributed by atoms with van der Waals surface area (Å²) in [6.45, 7) is 0.620. The van der Waals surface area contributed by atoms with Crippen LogP contribution in [-0.4, -0.2) is 21.9 Å². The predicted octanol–water partition coefficient (Wildman–Crippen LogP) is 4.60. The molecule has 0 aliphatic heterocycles. The second-order valence-corrected chi connectivity index (χ2v) is 6.09. The summed E-state index contributed by atoms with van der Waals surface area (Å²) in [5.41, 5.74) is 2.87. The van der Waals surface area contributed by atoms with Crippen molar-refractivity contribution in [3.8, 4) is 0 Å². The number of halogens is 2. The first-order chi connectivity index (χ1) is 11.1. The first kappa shape index (κ1) is 16.0. The molecule has 0 spiro atoms. The highest BCUT2D eigenvalue weighted by molar-refractivity contribution is 6.35. The summed E-state index contributed by atoms with van der Waals surface area (Å²) in [6.07, 6.45) is 6.66. The van der Waals surface area contributed by atoms with E-state index in [1.807, 2.05) is 37.5 Å². The molecule has 0 aliphatic carbocycles. The molecule has 0 aliphatic rings. The van der Waals surface area contributed by atoms with E-state index in [0.717, 1.165) is 16.8 Å². The molecule has 4 nitrogen and oxygen atoms in total. The second kappa shape index (κ2) is 7.13. The molecule has 0 saturated carbocycles. The van der Waals surface area contributed by atoms with Gasteiger partial charge in [0.15, 0.2) is 6.39 Å². The topological polar surface area (TPSA) is 42.2 Å². The Bertz CT molecular complexity index is 763. The Labute approximate surface area is 144 Å². The SMILES string of the molecule is CN(Cc1cocn1)[C@H](c1cccnc1)c1ccc(Cl)cc1Cl. The van der Waals surface area contributed by atoms with Gasteiger partial charge in [0.2, 0.25) is 0 Å². The van der Waals surface area contributed by atoms with Crippen molar-refractivity contribution in [3.63, 3.8) is 0 Å². The van der Waals surface area contributed by atoms with Gasteiger partial charge in [-0.3, -0.25) is 9.88 Å². The standard InChI is InChI=1S/C17H15Cl2N3O/c1-22(9-14-10-23-11-21-14)17(12-3-2-6-20-8-12)15-5-4-13(18)7-16(15)19/h2-8,10-11,17H,9H2,1H3/t17-/m1/s1. The fourth-order valence-corrected chi connectivity index (χ4v) is 3.11. The van der Waals surface area contributed by atoms with Crippen molar-refractivity contribution in [2.24, 2.45) is 0 Å². The Morgan fingerprint density at radius 1 is 1.26 bits per heavy atom. The van der Waals surface area contributed by atoms with Crippen LogP contribution in [0, 0.1) is 0 Å². The van der Waals surface area contributed by atoms with E-state index in [4.69, 9.17) is 27.6 Å². The quantitative estimate of drug-likeness (QED) is 0.676. The number of pyridine rings is 1. The number of hydrogen-bond donors (Lipinski definition) is 0. The van der Waals surface area contributed by atoms with Gasteiger partial charge in [-0.2, -0.15) is 0 Å². The van der Waals surface area contributed by atoms with E-state index in [2.05, 4.69) is 14.9 Å². The molecule has 2 aromatic heterocycles. The van der Waals surface area contributed by atoms with Crippen LogP contribution in [-0.2, 0) is 6.54 Å². The van der Waals surface area contributed by atoms with Crippen molar-refractivity contribution >= 4 is 23.2 Å². The highest BCUT2D eigenvalue weighted by atomic mass is 35.5. The second-order valence-electron chi connectivity index (χ2n) is 5.25. The zero-order valence-electron chi connectivity index (χ0n) is 12.5. The Balaban J connectivity index is 1.99. The zero-order valence-corrected chi connectivity index (χ0v) is 14.0. The summed E-state index contributed by atoms with van der Waals surface area (Å²) in [5.74, 6) is 0. The van der Waals surface area contributed by atoms with Crippen molar-refractivity contribution in [2.75, 3.05) is 7.05 Å². The van der Waals surface area contributed by atoms with Gasteiger partial charge in [0.1, 0.15) is 6.26 Å².